The monoisotopic (exact) mass is 347 g/mol. The van der Waals surface area contributed by atoms with Crippen LogP contribution in [0.3, 0.4) is 0 Å². The highest BCUT2D eigenvalue weighted by atomic mass is 32.4. The van der Waals surface area contributed by atoms with E-state index in [0.29, 0.717) is 10.8 Å². The first-order valence-corrected chi connectivity index (χ1v) is 11.2. The van der Waals surface area contributed by atoms with E-state index in [1.807, 2.05) is 0 Å². The van der Waals surface area contributed by atoms with Crippen LogP contribution in [0.5, 0.6) is 0 Å². The minimum Gasteiger partial charge on any atom is -0.0842 e. The topological polar surface area (TPSA) is 0 Å². The molecule has 0 N–H and O–H groups in total. The first-order chi connectivity index (χ1) is 10.4. The third-order valence-corrected chi connectivity index (χ3v) is 8.68. The summed E-state index contributed by atoms with van der Waals surface area (Å²) in [6.45, 7) is 8.73. The van der Waals surface area contributed by atoms with Gasteiger partial charge in [0, 0.05) is 0 Å². The van der Waals surface area contributed by atoms with E-state index in [-0.39, 0.29) is 0 Å². The molecule has 0 saturated carbocycles. The summed E-state index contributed by atoms with van der Waals surface area (Å²) in [5, 5.41) is 3.07. The molecule has 0 spiro atoms. The number of benzene rings is 2. The Bertz CT molecular complexity index is 616. The molecule has 0 amide bonds. The molecule has 0 radical (unpaired) electrons. The van der Waals surface area contributed by atoms with E-state index in [2.05, 4.69) is 82.3 Å². The van der Waals surface area contributed by atoms with Gasteiger partial charge >= 0.3 is 0 Å². The second kappa shape index (κ2) is 7.78. The van der Waals surface area contributed by atoms with E-state index in [1.165, 1.54) is 16.2 Å². The first-order valence-electron chi connectivity index (χ1n) is 7.76. The molecule has 2 atom stereocenters. The summed E-state index contributed by atoms with van der Waals surface area (Å²) in [6.07, 6.45) is 1.11. The van der Waals surface area contributed by atoms with Gasteiger partial charge in [0.05, 0.1) is 0 Å². The van der Waals surface area contributed by atoms with Crippen molar-refractivity contribution in [3.8, 4) is 0 Å². The van der Waals surface area contributed by atoms with E-state index in [0.717, 1.165) is 15.0 Å². The normalized spacial score (nSPS) is 13.0. The SMILES string of the molecule is CC(C)[P+](=S)c1ccc(CC(C)(C)Pc2ccccc2)cc1. The average Bonchev–Trinajstić information content (AvgIpc) is 2.47. The van der Waals surface area contributed by atoms with Crippen molar-refractivity contribution in [3.05, 3.63) is 60.2 Å². The molecular formula is C19H25P2S+. The largest absolute Gasteiger partial charge is 0.215 e. The highest BCUT2D eigenvalue weighted by Gasteiger charge is 2.21. The molecule has 0 aliphatic heterocycles. The molecule has 0 bridgehead atoms. The Morgan fingerprint density at radius 3 is 2.14 bits per heavy atom. The molecule has 22 heavy (non-hydrogen) atoms. The predicted octanol–water partition coefficient (Wildman–Crippen LogP) is 4.99. The van der Waals surface area contributed by atoms with E-state index in [4.69, 9.17) is 11.8 Å². The van der Waals surface area contributed by atoms with Crippen LogP contribution in [-0.4, -0.2) is 10.8 Å². The number of hydrogen-bond donors (Lipinski definition) is 0. The van der Waals surface area contributed by atoms with Crippen LogP contribution in [0.15, 0.2) is 54.6 Å². The minimum atomic E-state index is -0.435. The lowest BCUT2D eigenvalue weighted by molar-refractivity contribution is 0.704. The molecule has 2 rings (SSSR count). The lowest BCUT2D eigenvalue weighted by Crippen LogP contribution is -2.20. The zero-order valence-corrected chi connectivity index (χ0v) is 16.5. The fourth-order valence-electron chi connectivity index (χ4n) is 2.53. The summed E-state index contributed by atoms with van der Waals surface area (Å²) in [6, 6.07) is 19.8. The molecule has 2 aromatic rings. The third kappa shape index (κ3) is 5.24. The van der Waals surface area contributed by atoms with Crippen molar-refractivity contribution in [1.29, 1.82) is 0 Å². The third-order valence-electron chi connectivity index (χ3n) is 3.56. The zero-order chi connectivity index (χ0) is 16.2. The predicted molar refractivity (Wildman–Crippen MR) is 108 cm³/mol. The van der Waals surface area contributed by atoms with E-state index in [9.17, 15) is 0 Å². The van der Waals surface area contributed by atoms with Crippen LogP contribution in [0.2, 0.25) is 0 Å². The Labute approximate surface area is 142 Å². The smallest absolute Gasteiger partial charge is 0.0842 e. The summed E-state index contributed by atoms with van der Waals surface area (Å²) in [7, 11) is 0.829. The van der Waals surface area contributed by atoms with E-state index < -0.39 is 6.70 Å². The molecule has 0 nitrogen and oxygen atoms in total. The van der Waals surface area contributed by atoms with Crippen LogP contribution in [0.4, 0.5) is 0 Å². The average molecular weight is 347 g/mol. The van der Waals surface area contributed by atoms with Gasteiger partial charge < -0.3 is 0 Å². The molecule has 3 heteroatoms. The van der Waals surface area contributed by atoms with Crippen molar-refractivity contribution in [2.24, 2.45) is 0 Å². The highest BCUT2D eigenvalue weighted by molar-refractivity contribution is 8.08. The van der Waals surface area contributed by atoms with Crippen molar-refractivity contribution in [2.45, 2.75) is 44.9 Å². The Hall–Kier alpha value is -0.610. The van der Waals surface area contributed by atoms with Crippen molar-refractivity contribution < 1.29 is 0 Å². The number of rotatable bonds is 6. The second-order valence-corrected chi connectivity index (χ2v) is 12.2. The molecule has 116 valence electrons. The van der Waals surface area contributed by atoms with E-state index >= 15 is 0 Å². The van der Waals surface area contributed by atoms with Crippen molar-refractivity contribution in [2.75, 3.05) is 0 Å². The van der Waals surface area contributed by atoms with Crippen LogP contribution < -0.4 is 10.6 Å². The molecule has 0 heterocycles. The molecule has 0 aliphatic carbocycles. The van der Waals surface area contributed by atoms with Crippen LogP contribution >= 0.6 is 15.3 Å². The van der Waals surface area contributed by atoms with Gasteiger partial charge in [-0.2, -0.15) is 0 Å². The summed E-state index contributed by atoms with van der Waals surface area (Å²) < 4.78 is 0. The molecule has 2 aromatic carbocycles. The van der Waals surface area contributed by atoms with Gasteiger partial charge in [0.2, 0.25) is 6.70 Å². The van der Waals surface area contributed by atoms with Gasteiger partial charge in [-0.3, -0.25) is 0 Å². The second-order valence-electron chi connectivity index (χ2n) is 6.64. The van der Waals surface area contributed by atoms with Crippen molar-refractivity contribution in [3.63, 3.8) is 0 Å². The maximum absolute atomic E-state index is 5.63. The Morgan fingerprint density at radius 2 is 1.59 bits per heavy atom. The van der Waals surface area contributed by atoms with Gasteiger partial charge in [-0.15, -0.1) is 0 Å². The van der Waals surface area contributed by atoms with Gasteiger partial charge in [-0.1, -0.05) is 64.9 Å². The van der Waals surface area contributed by atoms with Crippen LogP contribution in [0.25, 0.3) is 0 Å². The molecule has 0 aromatic heterocycles. The molecule has 2 unspecified atom stereocenters. The standard InChI is InChI=1S/C19H25P2S/c1-15(2)21(22)18-12-10-16(11-13-18)14-19(3,4)20-17-8-6-5-7-9-17/h5-13,15,20H,14H2,1-4H3/q+1. The minimum absolute atomic E-state index is 0.291. The molecular weight excluding hydrogens is 322 g/mol. The van der Waals surface area contributed by atoms with Gasteiger partial charge in [-0.25, -0.2) is 0 Å². The maximum Gasteiger partial charge on any atom is 0.215 e. The maximum atomic E-state index is 5.63. The Kier molecular flexibility index (Phi) is 6.27. The highest BCUT2D eigenvalue weighted by Crippen LogP contribution is 2.34. The summed E-state index contributed by atoms with van der Waals surface area (Å²) in [5.41, 5.74) is 1.99. The van der Waals surface area contributed by atoms with E-state index in [1.54, 1.807) is 0 Å². The summed E-state index contributed by atoms with van der Waals surface area (Å²) in [5.74, 6) is 0. The van der Waals surface area contributed by atoms with Gasteiger partial charge in [0.1, 0.15) is 5.66 Å². The van der Waals surface area contributed by atoms with Crippen LogP contribution in [0.1, 0.15) is 33.3 Å². The summed E-state index contributed by atoms with van der Waals surface area (Å²) >= 11 is 5.63. The number of hydrogen-bond acceptors (Lipinski definition) is 1. The van der Waals surface area contributed by atoms with Gasteiger partial charge in [-0.05, 0) is 48.4 Å². The Balaban J connectivity index is 2.05. The van der Waals surface area contributed by atoms with Crippen LogP contribution in [-0.2, 0) is 18.2 Å². The zero-order valence-electron chi connectivity index (χ0n) is 13.8. The fourth-order valence-corrected chi connectivity index (χ4v) is 5.36. The van der Waals surface area contributed by atoms with Gasteiger partial charge in [0.25, 0.3) is 0 Å². The quantitative estimate of drug-likeness (QED) is 0.664. The van der Waals surface area contributed by atoms with Crippen LogP contribution in [0, 0.1) is 0 Å². The van der Waals surface area contributed by atoms with Crippen molar-refractivity contribution in [1.82, 2.24) is 0 Å². The Morgan fingerprint density at radius 1 is 1.00 bits per heavy atom. The van der Waals surface area contributed by atoms with Crippen molar-refractivity contribution >= 4 is 37.7 Å². The lowest BCUT2D eigenvalue weighted by Gasteiger charge is -2.25. The molecule has 0 saturated heterocycles. The van der Waals surface area contributed by atoms with Gasteiger partial charge in [0.15, 0.2) is 17.1 Å². The lowest BCUT2D eigenvalue weighted by atomic mass is 10.0. The first kappa shape index (κ1) is 17.7. The fraction of sp³-hybridized carbons (Fsp3) is 0.368. The molecule has 0 fully saturated rings. The summed E-state index contributed by atoms with van der Waals surface area (Å²) in [4.78, 5) is 0. The molecule has 0 aliphatic rings.